The minimum absolute atomic E-state index is 0. The van der Waals surface area contributed by atoms with Crippen molar-refractivity contribution >= 4 is 16.1 Å². The smallest absolute Gasteiger partial charge is 0.743 e. The van der Waals surface area contributed by atoms with E-state index < -0.39 is 25.9 Å². The predicted octanol–water partition coefficient (Wildman–Crippen LogP) is -5.68. The summed E-state index contributed by atoms with van der Waals surface area (Å²) in [6, 6.07) is 0. The Balaban J connectivity index is 0. The summed E-state index contributed by atoms with van der Waals surface area (Å²) in [4.78, 5) is 10.3. The van der Waals surface area contributed by atoms with E-state index in [4.69, 9.17) is 0 Å². The van der Waals surface area contributed by atoms with E-state index >= 15 is 0 Å². The Labute approximate surface area is 99.2 Å². The standard InChI is InChI=1S/C5H11NO5S.Na/c1-6(2,3)4(5(7)8)12(9,10)11;/h4H,1-3H3,(H-,7,8,9,10,11);/q;+1/p-1. The van der Waals surface area contributed by atoms with E-state index in [0.29, 0.717) is 0 Å². The Morgan fingerprint density at radius 2 is 1.62 bits per heavy atom. The van der Waals surface area contributed by atoms with Crippen molar-refractivity contribution in [3.63, 3.8) is 0 Å². The van der Waals surface area contributed by atoms with Crippen LogP contribution in [0.3, 0.4) is 0 Å². The molecule has 0 heterocycles. The molecule has 1 atom stereocenters. The summed E-state index contributed by atoms with van der Waals surface area (Å²) in [6.45, 7) is 0. The average molecular weight is 219 g/mol. The molecule has 0 aromatic carbocycles. The Morgan fingerprint density at radius 3 is 1.62 bits per heavy atom. The number of carbonyl (C=O) groups is 1. The summed E-state index contributed by atoms with van der Waals surface area (Å²) in [5, 5.41) is 8.23. The molecule has 0 aromatic heterocycles. The zero-order valence-corrected chi connectivity index (χ0v) is 10.8. The number of carboxylic acid groups (broad SMARTS) is 1. The van der Waals surface area contributed by atoms with Crippen LogP contribution in [0.25, 0.3) is 0 Å². The SMILES string of the molecule is C[N+](C)(C)C(C(=O)[O-])S(=O)(=O)[O-].[Na+]. The van der Waals surface area contributed by atoms with E-state index in [-0.39, 0.29) is 29.6 Å². The van der Waals surface area contributed by atoms with Gasteiger partial charge in [-0.3, -0.25) is 0 Å². The van der Waals surface area contributed by atoms with Crippen LogP contribution in [0.15, 0.2) is 0 Å². The number of quaternary nitrogens is 1. The maximum absolute atomic E-state index is 10.4. The van der Waals surface area contributed by atoms with Crippen LogP contribution in [-0.4, -0.2) is 49.9 Å². The molecular weight excluding hydrogens is 209 g/mol. The van der Waals surface area contributed by atoms with Gasteiger partial charge in [0.05, 0.1) is 21.1 Å². The molecule has 72 valence electrons. The molecule has 0 spiro atoms. The van der Waals surface area contributed by atoms with Crippen LogP contribution in [0.1, 0.15) is 0 Å². The van der Waals surface area contributed by atoms with Gasteiger partial charge >= 0.3 is 29.6 Å². The molecule has 0 aliphatic heterocycles. The molecule has 8 heteroatoms. The van der Waals surface area contributed by atoms with Crippen molar-refractivity contribution in [2.45, 2.75) is 5.37 Å². The van der Waals surface area contributed by atoms with Gasteiger partial charge < -0.3 is 18.9 Å². The molecular formula is C5H10NNaO5S. The van der Waals surface area contributed by atoms with E-state index in [1.54, 1.807) is 0 Å². The van der Waals surface area contributed by atoms with Gasteiger partial charge in [-0.25, -0.2) is 8.42 Å². The number of rotatable bonds is 3. The predicted molar refractivity (Wildman–Crippen MR) is 36.5 cm³/mol. The number of hydrogen-bond acceptors (Lipinski definition) is 5. The van der Waals surface area contributed by atoms with Crippen LogP contribution in [0, 0.1) is 0 Å². The van der Waals surface area contributed by atoms with Crippen molar-refractivity contribution in [1.82, 2.24) is 0 Å². The molecule has 1 unspecified atom stereocenters. The molecule has 0 radical (unpaired) electrons. The van der Waals surface area contributed by atoms with Gasteiger partial charge in [0.2, 0.25) is 5.37 Å². The van der Waals surface area contributed by atoms with E-state index in [9.17, 15) is 22.9 Å². The second kappa shape index (κ2) is 4.72. The molecule has 0 saturated carbocycles. The second-order valence-electron chi connectivity index (χ2n) is 3.28. The molecule has 0 amide bonds. The molecule has 0 aliphatic carbocycles. The molecule has 0 N–H and O–H groups in total. The maximum atomic E-state index is 10.4. The van der Waals surface area contributed by atoms with Crippen LogP contribution in [0.4, 0.5) is 0 Å². The van der Waals surface area contributed by atoms with Crippen LogP contribution in [0.2, 0.25) is 0 Å². The maximum Gasteiger partial charge on any atom is 1.00 e. The quantitative estimate of drug-likeness (QED) is 0.268. The van der Waals surface area contributed by atoms with Crippen molar-refractivity contribution in [2.75, 3.05) is 21.1 Å². The fourth-order valence-corrected chi connectivity index (χ4v) is 1.83. The third-order valence-electron chi connectivity index (χ3n) is 1.18. The summed E-state index contributed by atoms with van der Waals surface area (Å²) in [7, 11) is -0.999. The minimum Gasteiger partial charge on any atom is -0.743 e. The van der Waals surface area contributed by atoms with Gasteiger partial charge in [0, 0.05) is 0 Å². The number of hydrogen-bond donors (Lipinski definition) is 0. The fourth-order valence-electron chi connectivity index (χ4n) is 0.821. The van der Waals surface area contributed by atoms with Crippen LogP contribution >= 0.6 is 0 Å². The van der Waals surface area contributed by atoms with Gasteiger partial charge in [-0.05, 0) is 0 Å². The number of nitrogens with zero attached hydrogens (tertiary/aromatic N) is 1. The first kappa shape index (κ1) is 15.8. The zero-order chi connectivity index (χ0) is 10.2. The summed E-state index contributed by atoms with van der Waals surface area (Å²) >= 11 is 0. The normalized spacial score (nSPS) is 14.5. The van der Waals surface area contributed by atoms with Gasteiger partial charge in [-0.2, -0.15) is 0 Å². The molecule has 0 bridgehead atoms. The monoisotopic (exact) mass is 219 g/mol. The summed E-state index contributed by atoms with van der Waals surface area (Å²) in [6.07, 6.45) is 0. The summed E-state index contributed by atoms with van der Waals surface area (Å²) in [5.41, 5.74) is 0. The number of carboxylic acids is 1. The fraction of sp³-hybridized carbons (Fsp3) is 0.800. The van der Waals surface area contributed by atoms with Crippen molar-refractivity contribution in [1.29, 1.82) is 0 Å². The largest absolute Gasteiger partial charge is 1.00 e. The van der Waals surface area contributed by atoms with Crippen molar-refractivity contribution < 1.29 is 56.9 Å². The molecule has 0 aromatic rings. The first-order valence-corrected chi connectivity index (χ1v) is 4.50. The van der Waals surface area contributed by atoms with E-state index in [2.05, 4.69) is 0 Å². The Morgan fingerprint density at radius 1 is 1.31 bits per heavy atom. The first-order valence-electron chi connectivity index (χ1n) is 3.03. The van der Waals surface area contributed by atoms with Crippen molar-refractivity contribution in [2.24, 2.45) is 0 Å². The first-order chi connectivity index (χ1) is 5.07. The van der Waals surface area contributed by atoms with E-state index in [1.165, 1.54) is 21.1 Å². The van der Waals surface area contributed by atoms with E-state index in [0.717, 1.165) is 0 Å². The Kier molecular flexibility index (Phi) is 5.73. The number of aliphatic carboxylic acids is 1. The van der Waals surface area contributed by atoms with Gasteiger partial charge in [0.1, 0.15) is 5.97 Å². The third-order valence-corrected chi connectivity index (χ3v) is 2.55. The van der Waals surface area contributed by atoms with Gasteiger partial charge in [-0.1, -0.05) is 0 Å². The van der Waals surface area contributed by atoms with Crippen LogP contribution in [0.5, 0.6) is 0 Å². The topological polar surface area (TPSA) is 97.3 Å². The van der Waals surface area contributed by atoms with Gasteiger partial charge in [-0.15, -0.1) is 0 Å². The Hall–Kier alpha value is 0.340. The van der Waals surface area contributed by atoms with Crippen molar-refractivity contribution in [3.8, 4) is 0 Å². The van der Waals surface area contributed by atoms with Crippen LogP contribution in [-0.2, 0) is 14.9 Å². The number of carbonyl (C=O) groups excluding carboxylic acids is 1. The minimum atomic E-state index is -4.86. The molecule has 0 aliphatic rings. The second-order valence-corrected chi connectivity index (χ2v) is 4.71. The molecule has 0 saturated heterocycles. The number of likely N-dealkylation sites (N-methyl/N-ethyl adjacent to an activating group) is 1. The van der Waals surface area contributed by atoms with Crippen LogP contribution < -0.4 is 34.7 Å². The Bertz CT molecular complexity index is 280. The van der Waals surface area contributed by atoms with Crippen molar-refractivity contribution in [3.05, 3.63) is 0 Å². The average Bonchev–Trinajstić information content (AvgIpc) is 1.49. The molecule has 13 heavy (non-hydrogen) atoms. The molecule has 0 rings (SSSR count). The van der Waals surface area contributed by atoms with E-state index in [1.807, 2.05) is 0 Å². The summed E-state index contributed by atoms with van der Waals surface area (Å²) in [5.74, 6) is -1.88. The third kappa shape index (κ3) is 4.94. The molecule has 0 fully saturated rings. The van der Waals surface area contributed by atoms with Gasteiger partial charge in [0.15, 0.2) is 10.1 Å². The summed E-state index contributed by atoms with van der Waals surface area (Å²) < 4.78 is 30.8. The zero-order valence-electron chi connectivity index (χ0n) is 7.97. The molecule has 6 nitrogen and oxygen atoms in total. The van der Waals surface area contributed by atoms with Gasteiger partial charge in [0.25, 0.3) is 0 Å².